The van der Waals surface area contributed by atoms with Crippen molar-refractivity contribution < 1.29 is 24.2 Å². The average molecular weight is 311 g/mol. The van der Waals surface area contributed by atoms with Crippen molar-refractivity contribution in [3.63, 3.8) is 0 Å². The quantitative estimate of drug-likeness (QED) is 0.897. The monoisotopic (exact) mass is 311 g/mol. The lowest BCUT2D eigenvalue weighted by Crippen LogP contribution is -2.53. The molecule has 7 heteroatoms. The summed E-state index contributed by atoms with van der Waals surface area (Å²) in [6.07, 6.45) is -1.11. The minimum atomic E-state index is -1.19. The van der Waals surface area contributed by atoms with Crippen molar-refractivity contribution in [2.24, 2.45) is 0 Å². The number of amides is 1. The number of carbonyl (C=O) groups is 2. The van der Waals surface area contributed by atoms with Crippen molar-refractivity contribution in [1.82, 2.24) is 4.90 Å². The van der Waals surface area contributed by atoms with Gasteiger partial charge in [-0.05, 0) is 19.1 Å². The topological polar surface area (TPSA) is 76.1 Å². The molecular formula is C14H17NO5S. The molecule has 1 heterocycles. The van der Waals surface area contributed by atoms with Crippen LogP contribution in [0.4, 0.5) is 4.79 Å². The number of nitrogens with zero attached hydrogens (tertiary/aromatic N) is 1. The lowest BCUT2D eigenvalue weighted by atomic mass is 10.2. The van der Waals surface area contributed by atoms with Gasteiger partial charge in [0.15, 0.2) is 22.2 Å². The number of methoxy groups -OCH3 is 1. The lowest BCUT2D eigenvalue weighted by Gasteiger charge is -2.33. The first kappa shape index (κ1) is 15.5. The number of carboxylic acid groups (broad SMARTS) is 1. The van der Waals surface area contributed by atoms with Gasteiger partial charge in [-0.15, -0.1) is 11.8 Å². The predicted molar refractivity (Wildman–Crippen MR) is 79.1 cm³/mol. The number of benzene rings is 1. The van der Waals surface area contributed by atoms with E-state index in [0.29, 0.717) is 23.8 Å². The van der Waals surface area contributed by atoms with E-state index < -0.39 is 11.0 Å². The molecule has 0 unspecified atom stereocenters. The Bertz CT molecular complexity index is 550. The Balaban J connectivity index is 2.21. The van der Waals surface area contributed by atoms with Gasteiger partial charge in [-0.3, -0.25) is 9.69 Å². The van der Waals surface area contributed by atoms with Crippen molar-refractivity contribution >= 4 is 23.6 Å². The molecule has 1 N–H and O–H groups in total. The first-order valence-electron chi connectivity index (χ1n) is 6.42. The molecule has 0 spiro atoms. The Morgan fingerprint density at radius 3 is 2.62 bits per heavy atom. The molecule has 0 saturated carbocycles. The Kier molecular flexibility index (Phi) is 4.62. The zero-order chi connectivity index (χ0) is 15.5. The molecule has 1 aromatic rings. The summed E-state index contributed by atoms with van der Waals surface area (Å²) in [4.78, 5) is 23.3. The van der Waals surface area contributed by atoms with Gasteiger partial charge in [-0.2, -0.15) is 0 Å². The smallest absolute Gasteiger partial charge is 0.408 e. The van der Waals surface area contributed by atoms with E-state index in [1.54, 1.807) is 24.3 Å². The van der Waals surface area contributed by atoms with Gasteiger partial charge in [-0.25, -0.2) is 4.79 Å². The van der Waals surface area contributed by atoms with Crippen LogP contribution in [0, 0.1) is 0 Å². The molecular weight excluding hydrogens is 294 g/mol. The summed E-state index contributed by atoms with van der Waals surface area (Å²) in [5.41, 5.74) is 0. The third kappa shape index (κ3) is 2.92. The number of ketones is 1. The fourth-order valence-electron chi connectivity index (χ4n) is 2.24. The second-order valence-corrected chi connectivity index (χ2v) is 5.94. The van der Waals surface area contributed by atoms with Gasteiger partial charge in [0.05, 0.1) is 7.11 Å². The van der Waals surface area contributed by atoms with Crippen molar-refractivity contribution in [2.45, 2.75) is 11.8 Å². The van der Waals surface area contributed by atoms with Crippen molar-refractivity contribution in [3.8, 4) is 11.5 Å². The summed E-state index contributed by atoms with van der Waals surface area (Å²) in [5, 5.41) is 9.28. The third-order valence-electron chi connectivity index (χ3n) is 3.37. The van der Waals surface area contributed by atoms with E-state index in [1.165, 1.54) is 25.8 Å². The van der Waals surface area contributed by atoms with Gasteiger partial charge < -0.3 is 14.6 Å². The van der Waals surface area contributed by atoms with E-state index in [2.05, 4.69) is 0 Å². The molecule has 0 aromatic heterocycles. The van der Waals surface area contributed by atoms with Crippen LogP contribution in [0.2, 0.25) is 0 Å². The number of Topliss-reactive ketones (excluding diaryl/α,β-unsaturated/α-hetero) is 1. The number of hydrogen-bond donors (Lipinski definition) is 1. The summed E-state index contributed by atoms with van der Waals surface area (Å²) >= 11 is 1.30. The minimum Gasteiger partial charge on any atom is -0.493 e. The zero-order valence-corrected chi connectivity index (χ0v) is 12.7. The van der Waals surface area contributed by atoms with Crippen LogP contribution in [0.15, 0.2) is 24.3 Å². The van der Waals surface area contributed by atoms with E-state index in [4.69, 9.17) is 9.47 Å². The predicted octanol–water partition coefficient (Wildman–Crippen LogP) is 2.09. The molecule has 0 bridgehead atoms. The molecule has 21 heavy (non-hydrogen) atoms. The summed E-state index contributed by atoms with van der Waals surface area (Å²) in [6, 6.07) is 7.05. The Morgan fingerprint density at radius 2 is 2.05 bits per heavy atom. The fraction of sp³-hybridized carbons (Fsp3) is 0.429. The average Bonchev–Trinajstić information content (AvgIpc) is 2.91. The maximum Gasteiger partial charge on any atom is 0.408 e. The normalized spacial score (nSPS) is 21.1. The molecule has 0 radical (unpaired) electrons. The van der Waals surface area contributed by atoms with E-state index in [1.807, 2.05) is 0 Å². The Morgan fingerprint density at radius 1 is 1.38 bits per heavy atom. The molecule has 1 amide bonds. The van der Waals surface area contributed by atoms with E-state index in [-0.39, 0.29) is 12.4 Å². The molecule has 1 aliphatic rings. The summed E-state index contributed by atoms with van der Waals surface area (Å²) in [7, 11) is 1.52. The van der Waals surface area contributed by atoms with Crippen molar-refractivity contribution in [3.05, 3.63) is 24.3 Å². The highest BCUT2D eigenvalue weighted by Crippen LogP contribution is 2.38. The number of rotatable bonds is 5. The van der Waals surface area contributed by atoms with E-state index in [0.717, 1.165) is 4.90 Å². The SMILES string of the molecule is COc1ccccc1OC[C@@]1(C(C)=O)SCCN1C(=O)O. The second kappa shape index (κ2) is 6.26. The number of para-hydroxylation sites is 2. The highest BCUT2D eigenvalue weighted by atomic mass is 32.2. The molecule has 1 aliphatic heterocycles. The first-order chi connectivity index (χ1) is 10.0. The van der Waals surface area contributed by atoms with Crippen LogP contribution < -0.4 is 9.47 Å². The standard InChI is InChI=1S/C14H17NO5S/c1-10(16)14(15(13(17)18)7-8-21-14)9-20-12-6-4-3-5-11(12)19-2/h3-6H,7-9H2,1-2H3,(H,17,18)/t14-/m0/s1. The van der Waals surface area contributed by atoms with E-state index >= 15 is 0 Å². The van der Waals surface area contributed by atoms with Crippen LogP contribution in [0.25, 0.3) is 0 Å². The Hall–Kier alpha value is -1.89. The van der Waals surface area contributed by atoms with Crippen LogP contribution in [0.1, 0.15) is 6.92 Å². The molecule has 1 atom stereocenters. The largest absolute Gasteiger partial charge is 0.493 e. The van der Waals surface area contributed by atoms with Crippen LogP contribution in [0.5, 0.6) is 11.5 Å². The van der Waals surface area contributed by atoms with E-state index in [9.17, 15) is 14.7 Å². The molecule has 0 aliphatic carbocycles. The number of hydrogen-bond acceptors (Lipinski definition) is 5. The maximum atomic E-state index is 12.0. The number of ether oxygens (including phenoxy) is 2. The van der Waals surface area contributed by atoms with Gasteiger partial charge >= 0.3 is 6.09 Å². The molecule has 114 valence electrons. The van der Waals surface area contributed by atoms with Crippen molar-refractivity contribution in [2.75, 3.05) is 26.0 Å². The lowest BCUT2D eigenvalue weighted by molar-refractivity contribution is -0.123. The van der Waals surface area contributed by atoms with Gasteiger partial charge in [-0.1, -0.05) is 12.1 Å². The number of carbonyl (C=O) groups excluding carboxylic acids is 1. The summed E-state index contributed by atoms with van der Waals surface area (Å²) in [5.74, 6) is 1.36. The van der Waals surface area contributed by atoms with Gasteiger partial charge in [0, 0.05) is 12.3 Å². The highest BCUT2D eigenvalue weighted by molar-refractivity contribution is 8.01. The minimum absolute atomic E-state index is 0.0420. The first-order valence-corrected chi connectivity index (χ1v) is 7.41. The Labute approximate surface area is 127 Å². The fourth-order valence-corrected chi connectivity index (χ4v) is 3.52. The summed E-state index contributed by atoms with van der Waals surface area (Å²) < 4.78 is 10.9. The zero-order valence-electron chi connectivity index (χ0n) is 11.9. The summed E-state index contributed by atoms with van der Waals surface area (Å²) in [6.45, 7) is 1.66. The highest BCUT2D eigenvalue weighted by Gasteiger charge is 2.49. The van der Waals surface area contributed by atoms with Gasteiger partial charge in [0.25, 0.3) is 0 Å². The molecule has 1 fully saturated rings. The molecule has 1 aromatic carbocycles. The van der Waals surface area contributed by atoms with Crippen LogP contribution in [-0.4, -0.2) is 52.8 Å². The van der Waals surface area contributed by atoms with Gasteiger partial charge in [0.1, 0.15) is 6.61 Å². The van der Waals surface area contributed by atoms with Crippen LogP contribution in [0.3, 0.4) is 0 Å². The molecule has 1 saturated heterocycles. The maximum absolute atomic E-state index is 12.0. The second-order valence-electron chi connectivity index (χ2n) is 4.56. The molecule has 2 rings (SSSR count). The number of thioether (sulfide) groups is 1. The van der Waals surface area contributed by atoms with Gasteiger partial charge in [0.2, 0.25) is 0 Å². The third-order valence-corrected chi connectivity index (χ3v) is 4.86. The molecule has 6 nitrogen and oxygen atoms in total. The van der Waals surface area contributed by atoms with Crippen molar-refractivity contribution in [1.29, 1.82) is 0 Å². The van der Waals surface area contributed by atoms with Crippen LogP contribution >= 0.6 is 11.8 Å². The van der Waals surface area contributed by atoms with Crippen LogP contribution in [-0.2, 0) is 4.79 Å².